The molecule has 3 aliphatic rings. The number of nitrogens with one attached hydrogen (secondary N) is 1. The minimum absolute atomic E-state index is 0.0102. The molecule has 0 aliphatic carbocycles. The number of aromatic nitrogens is 4. The maximum absolute atomic E-state index is 15.4. The minimum atomic E-state index is -0.931. The Morgan fingerprint density at radius 1 is 0.927 bits per heavy atom. The molecule has 17 heteroatoms. The number of hydrogen-bond acceptors (Lipinski definition) is 9. The van der Waals surface area contributed by atoms with E-state index in [1.165, 1.54) is 35.2 Å². The van der Waals surface area contributed by atoms with E-state index >= 15 is 4.39 Å². The van der Waals surface area contributed by atoms with Crippen molar-refractivity contribution in [2.24, 2.45) is 5.41 Å². The smallest absolute Gasteiger partial charge is 0.410 e. The Bertz CT molecular complexity index is 2310. The van der Waals surface area contributed by atoms with Crippen LogP contribution in [0.15, 0.2) is 64.6 Å². The monoisotopic (exact) mass is 758 g/mol. The molecule has 0 radical (unpaired) electrons. The summed E-state index contributed by atoms with van der Waals surface area (Å²) < 4.78 is 42.3. The van der Waals surface area contributed by atoms with Crippen LogP contribution < -0.4 is 21.3 Å². The van der Waals surface area contributed by atoms with Crippen molar-refractivity contribution < 1.29 is 32.6 Å². The fourth-order valence-corrected chi connectivity index (χ4v) is 6.97. The van der Waals surface area contributed by atoms with Crippen LogP contribution in [0.1, 0.15) is 62.3 Å². The number of fused-ring (bicyclic) bond motifs is 1. The Balaban J connectivity index is 0.995. The molecule has 1 spiro atoms. The van der Waals surface area contributed by atoms with Gasteiger partial charge < -0.3 is 29.5 Å². The van der Waals surface area contributed by atoms with Crippen molar-refractivity contribution in [2.75, 3.05) is 38.0 Å². The quantitative estimate of drug-likeness (QED) is 0.293. The lowest BCUT2D eigenvalue weighted by atomic mass is 9.73. The molecule has 0 unspecified atom stereocenters. The summed E-state index contributed by atoms with van der Waals surface area (Å²) >= 11 is 0. The summed E-state index contributed by atoms with van der Waals surface area (Å²) in [5.74, 6) is -2.34. The predicted octanol–water partition coefficient (Wildman–Crippen LogP) is 4.72. The molecule has 15 nitrogen and oxygen atoms in total. The number of likely N-dealkylation sites (tertiary alicyclic amines) is 2. The van der Waals surface area contributed by atoms with E-state index < -0.39 is 40.4 Å². The molecule has 0 atom stereocenters. The Morgan fingerprint density at radius 2 is 1.62 bits per heavy atom. The van der Waals surface area contributed by atoms with E-state index in [0.29, 0.717) is 50.4 Å². The standard InChI is InChI=1S/C38H40F2N8O7/c1-22(2)47-15-27(33(50)48(35(47)52)25-9-6-23(39)7-10-25)31(49)43-24-8-11-30(28(40)14-24)54-32-26-12-13-44(16-29(26)41-21-42-32)34(51)45-17-38(18-45)19-46(20-38)36(53)55-37(3,4)5/h6-11,14-15,21-22H,12-13,16-20H2,1-5H3,(H,43,49). The fraction of sp³-hybridized carbons (Fsp3) is 0.395. The average Bonchev–Trinajstić information content (AvgIpc) is 3.08. The first-order valence-electron chi connectivity index (χ1n) is 17.8. The summed E-state index contributed by atoms with van der Waals surface area (Å²) in [5.41, 5.74) is -1.43. The summed E-state index contributed by atoms with van der Waals surface area (Å²) in [6.07, 6.45) is 2.44. The number of halogens is 2. The highest BCUT2D eigenvalue weighted by Gasteiger charge is 2.56. The molecule has 288 valence electrons. The van der Waals surface area contributed by atoms with Crippen LogP contribution in [0, 0.1) is 17.0 Å². The van der Waals surface area contributed by atoms with Gasteiger partial charge in [-0.2, -0.15) is 0 Å². The van der Waals surface area contributed by atoms with Crippen LogP contribution in [0.3, 0.4) is 0 Å². The first-order valence-corrected chi connectivity index (χ1v) is 17.8. The highest BCUT2D eigenvalue weighted by Crippen LogP contribution is 2.41. The number of nitrogens with zero attached hydrogens (tertiary/aromatic N) is 7. The van der Waals surface area contributed by atoms with Gasteiger partial charge >= 0.3 is 17.8 Å². The molecular formula is C38H40F2N8O7. The van der Waals surface area contributed by atoms with Gasteiger partial charge in [0, 0.05) is 67.7 Å². The number of anilines is 1. The van der Waals surface area contributed by atoms with Crippen LogP contribution in [-0.4, -0.2) is 90.2 Å². The number of urea groups is 1. The minimum Gasteiger partial charge on any atom is -0.444 e. The van der Waals surface area contributed by atoms with Gasteiger partial charge in [-0.1, -0.05) is 0 Å². The Morgan fingerprint density at radius 3 is 2.27 bits per heavy atom. The highest BCUT2D eigenvalue weighted by atomic mass is 19.1. The molecule has 2 fully saturated rings. The van der Waals surface area contributed by atoms with Gasteiger partial charge in [-0.3, -0.25) is 14.2 Å². The van der Waals surface area contributed by atoms with Crippen molar-refractivity contribution in [3.05, 3.63) is 104 Å². The number of benzene rings is 2. The Labute approximate surface area is 314 Å². The molecule has 0 bridgehead atoms. The zero-order valence-electron chi connectivity index (χ0n) is 31.0. The molecule has 0 saturated carbocycles. The number of amides is 4. The van der Waals surface area contributed by atoms with Gasteiger partial charge in [-0.15, -0.1) is 0 Å². The molecule has 5 heterocycles. The number of ether oxygens (including phenoxy) is 2. The van der Waals surface area contributed by atoms with Crippen molar-refractivity contribution in [1.82, 2.24) is 33.8 Å². The average molecular weight is 759 g/mol. The van der Waals surface area contributed by atoms with Gasteiger partial charge in [0.15, 0.2) is 11.6 Å². The van der Waals surface area contributed by atoms with Crippen LogP contribution >= 0.6 is 0 Å². The maximum Gasteiger partial charge on any atom is 0.410 e. The summed E-state index contributed by atoms with van der Waals surface area (Å²) in [5, 5.41) is 2.50. The molecule has 55 heavy (non-hydrogen) atoms. The van der Waals surface area contributed by atoms with Crippen molar-refractivity contribution in [1.29, 1.82) is 0 Å². The van der Waals surface area contributed by atoms with E-state index in [1.54, 1.807) is 28.5 Å². The number of carbonyl (C=O) groups excluding carboxylic acids is 3. The number of hydrogen-bond donors (Lipinski definition) is 1. The van der Waals surface area contributed by atoms with Crippen LogP contribution in [0.4, 0.5) is 24.1 Å². The maximum atomic E-state index is 15.4. The Kier molecular flexibility index (Phi) is 9.42. The van der Waals surface area contributed by atoms with E-state index in [1.807, 2.05) is 20.8 Å². The lowest BCUT2D eigenvalue weighted by Gasteiger charge is -2.60. The zero-order valence-corrected chi connectivity index (χ0v) is 31.0. The van der Waals surface area contributed by atoms with Crippen molar-refractivity contribution in [2.45, 2.75) is 59.2 Å². The number of rotatable bonds is 6. The van der Waals surface area contributed by atoms with E-state index in [2.05, 4.69) is 15.3 Å². The van der Waals surface area contributed by atoms with Crippen molar-refractivity contribution in [3.8, 4) is 17.3 Å². The first kappa shape index (κ1) is 37.2. The molecule has 7 rings (SSSR count). The molecule has 2 aromatic heterocycles. The third-order valence-electron chi connectivity index (χ3n) is 9.66. The van der Waals surface area contributed by atoms with Crippen molar-refractivity contribution in [3.63, 3.8) is 0 Å². The summed E-state index contributed by atoms with van der Waals surface area (Å²) in [7, 11) is 0. The van der Waals surface area contributed by atoms with Crippen molar-refractivity contribution >= 4 is 23.7 Å². The second kappa shape index (κ2) is 13.9. The van der Waals surface area contributed by atoms with Gasteiger partial charge in [-0.25, -0.2) is 37.7 Å². The molecule has 3 aliphatic heterocycles. The normalized spacial score (nSPS) is 16.0. The highest BCUT2D eigenvalue weighted by molar-refractivity contribution is 6.03. The third-order valence-corrected chi connectivity index (χ3v) is 9.66. The fourth-order valence-electron chi connectivity index (χ4n) is 6.97. The predicted molar refractivity (Wildman–Crippen MR) is 194 cm³/mol. The molecule has 1 N–H and O–H groups in total. The third kappa shape index (κ3) is 7.37. The topological polar surface area (TPSA) is 161 Å². The van der Waals surface area contributed by atoms with Gasteiger partial charge in [0.2, 0.25) is 5.88 Å². The molecule has 4 amide bonds. The lowest BCUT2D eigenvalue weighted by Crippen LogP contribution is -2.74. The van der Waals surface area contributed by atoms with Crippen LogP contribution in [0.5, 0.6) is 11.6 Å². The summed E-state index contributed by atoms with van der Waals surface area (Å²) in [6.45, 7) is 11.6. The SMILES string of the molecule is CC(C)n1cc(C(=O)Nc2ccc(Oc3ncnc4c3CCN(C(=O)N3CC5(CN(C(=O)OC(C)(C)C)C5)C3)C4)c(F)c2)c(=O)n(-c2ccc(F)cc2)c1=O. The second-order valence-electron chi connectivity index (χ2n) is 15.4. The molecular weight excluding hydrogens is 718 g/mol. The van der Waals surface area contributed by atoms with Gasteiger partial charge in [-0.05, 0) is 77.4 Å². The van der Waals surface area contributed by atoms with Crippen LogP contribution in [-0.2, 0) is 17.7 Å². The van der Waals surface area contributed by atoms with Gasteiger partial charge in [0.25, 0.3) is 11.5 Å². The Hall–Kier alpha value is -6.13. The van der Waals surface area contributed by atoms with E-state index in [4.69, 9.17) is 9.47 Å². The van der Waals surface area contributed by atoms with E-state index in [0.717, 1.165) is 29.0 Å². The largest absolute Gasteiger partial charge is 0.444 e. The summed E-state index contributed by atoms with van der Waals surface area (Å²) in [4.78, 5) is 79.3. The van der Waals surface area contributed by atoms with Gasteiger partial charge in [0.1, 0.15) is 23.3 Å². The van der Waals surface area contributed by atoms with Gasteiger partial charge in [0.05, 0.1) is 17.9 Å². The summed E-state index contributed by atoms with van der Waals surface area (Å²) in [6, 6.07) is 7.84. The van der Waals surface area contributed by atoms with E-state index in [9.17, 15) is 28.4 Å². The molecule has 2 saturated heterocycles. The number of carbonyl (C=O) groups is 3. The molecule has 4 aromatic rings. The first-order chi connectivity index (χ1) is 26.0. The second-order valence-corrected chi connectivity index (χ2v) is 15.4. The van der Waals surface area contributed by atoms with E-state index in [-0.39, 0.29) is 52.7 Å². The molecule has 2 aromatic carbocycles. The lowest BCUT2D eigenvalue weighted by molar-refractivity contribution is -0.0990. The van der Waals surface area contributed by atoms with Crippen LogP contribution in [0.25, 0.3) is 5.69 Å². The van der Waals surface area contributed by atoms with Crippen LogP contribution in [0.2, 0.25) is 0 Å². The zero-order chi connectivity index (χ0) is 39.4.